The molecule has 0 fully saturated rings. The van der Waals surface area contributed by atoms with Crippen molar-refractivity contribution in [2.24, 2.45) is 7.05 Å². The number of amides is 1. The first kappa shape index (κ1) is 34.7. The smallest absolute Gasteiger partial charge is 0.395 e. The van der Waals surface area contributed by atoms with Gasteiger partial charge in [0.1, 0.15) is 22.8 Å². The number of hydrogen-bond acceptors (Lipinski definition) is 7. The molecule has 0 saturated carbocycles. The number of benzene rings is 2. The summed E-state index contributed by atoms with van der Waals surface area (Å²) in [5.41, 5.74) is 0.117. The van der Waals surface area contributed by atoms with E-state index in [4.69, 9.17) is 4.74 Å². The lowest BCUT2D eigenvalue weighted by Gasteiger charge is -2.28. The van der Waals surface area contributed by atoms with Crippen molar-refractivity contribution in [3.63, 3.8) is 0 Å². The second-order valence-electron chi connectivity index (χ2n) is 12.0. The van der Waals surface area contributed by atoms with E-state index < -0.39 is 40.8 Å². The number of halogens is 5. The van der Waals surface area contributed by atoms with Gasteiger partial charge in [-0.3, -0.25) is 9.59 Å². The van der Waals surface area contributed by atoms with Gasteiger partial charge in [0.05, 0.1) is 53.6 Å². The highest BCUT2D eigenvalue weighted by Crippen LogP contribution is 2.48. The first-order valence-corrected chi connectivity index (χ1v) is 15.6. The molecule has 3 aromatic heterocycles. The van der Waals surface area contributed by atoms with Gasteiger partial charge in [-0.1, -0.05) is 12.1 Å². The number of hydrogen-bond donors (Lipinski definition) is 3. The van der Waals surface area contributed by atoms with Gasteiger partial charge in [-0.15, -0.1) is 0 Å². The number of carbonyl (C=O) groups excluding carboxylic acids is 2. The molecule has 1 amide bonds. The Balaban J connectivity index is 1.36. The van der Waals surface area contributed by atoms with Crippen molar-refractivity contribution >= 4 is 39.6 Å². The molecule has 10 nitrogen and oxygen atoms in total. The zero-order chi connectivity index (χ0) is 35.9. The minimum absolute atomic E-state index is 0.00361. The van der Waals surface area contributed by atoms with Crippen LogP contribution in [0.15, 0.2) is 61.1 Å². The zero-order valence-electron chi connectivity index (χ0n) is 27.2. The van der Waals surface area contributed by atoms with Crippen LogP contribution in [0.4, 0.5) is 33.3 Å². The Kier molecular flexibility index (Phi) is 9.48. The molecule has 4 heterocycles. The minimum Gasteiger partial charge on any atom is -0.395 e. The van der Waals surface area contributed by atoms with Crippen molar-refractivity contribution in [3.05, 3.63) is 95.1 Å². The summed E-state index contributed by atoms with van der Waals surface area (Å²) in [5.74, 6) is -4.00. The molecule has 0 saturated heterocycles. The Bertz CT molecular complexity index is 2130. The fraction of sp³-hybridized carbons (Fsp3) is 0.286. The van der Waals surface area contributed by atoms with Crippen molar-refractivity contribution in [3.8, 4) is 11.1 Å². The van der Waals surface area contributed by atoms with Gasteiger partial charge >= 0.3 is 6.18 Å². The monoisotopic (exact) mass is 696 g/mol. The highest BCUT2D eigenvalue weighted by molar-refractivity contribution is 6.11. The van der Waals surface area contributed by atoms with Crippen LogP contribution >= 0.6 is 0 Å². The molecule has 0 unspecified atom stereocenters. The Morgan fingerprint density at radius 1 is 1.14 bits per heavy atom. The van der Waals surface area contributed by atoms with Crippen LogP contribution in [0.25, 0.3) is 27.7 Å². The van der Waals surface area contributed by atoms with E-state index in [1.54, 1.807) is 25.1 Å². The maximum Gasteiger partial charge on any atom is 0.417 e. The standard InChI is InChI=1S/C35H33F5N6O4/c1-44-11-8-19-14-27(34(49)20-12-24(36)30(25(37)13-20)43-28(48)7-4-9-41-21(16-47)17-50-3)46-10-5-6-22(32(19)46)29-23(35(38,39)40)15-26-31(33(29)44)42-18-45(26)2/h4-7,10,12-15,18,21,41,47H,8-9,11,16-17H2,1-3H3,(H,43,48)/b7-4+/t21-/m0/s1. The van der Waals surface area contributed by atoms with Crippen LogP contribution < -0.4 is 15.5 Å². The molecule has 262 valence electrons. The number of nitrogens with one attached hydrogen (secondary N) is 2. The topological polar surface area (TPSA) is 113 Å². The fourth-order valence-corrected chi connectivity index (χ4v) is 6.34. The Morgan fingerprint density at radius 2 is 1.88 bits per heavy atom. The molecule has 0 spiro atoms. The van der Waals surface area contributed by atoms with E-state index in [1.165, 1.54) is 46.8 Å². The second kappa shape index (κ2) is 13.7. The molecule has 0 radical (unpaired) electrons. The maximum absolute atomic E-state index is 15.2. The number of methoxy groups -OCH3 is 1. The van der Waals surface area contributed by atoms with Crippen LogP contribution in [0, 0.1) is 11.6 Å². The number of fused-ring (bicyclic) bond motifs is 4. The number of imidazole rings is 1. The molecule has 3 N–H and O–H groups in total. The lowest BCUT2D eigenvalue weighted by Crippen LogP contribution is -2.36. The molecule has 0 aliphatic carbocycles. The summed E-state index contributed by atoms with van der Waals surface area (Å²) in [6.07, 6.45) is 1.05. The zero-order valence-corrected chi connectivity index (χ0v) is 27.2. The second-order valence-corrected chi connectivity index (χ2v) is 12.0. The van der Waals surface area contributed by atoms with Gasteiger partial charge in [-0.25, -0.2) is 13.8 Å². The van der Waals surface area contributed by atoms with E-state index in [9.17, 15) is 27.9 Å². The lowest BCUT2D eigenvalue weighted by atomic mass is 9.92. The van der Waals surface area contributed by atoms with E-state index in [-0.39, 0.29) is 48.2 Å². The Hall–Kier alpha value is -5.12. The predicted molar refractivity (Wildman–Crippen MR) is 177 cm³/mol. The number of rotatable bonds is 10. The SMILES string of the molecule is COC[C@H](CO)NC/C=C/C(=O)Nc1c(F)cc(C(=O)c2cc3c4c(cccn24)-c2c(C(F)(F)F)cc4c(ncn4C)c2N(C)CC3)cc1F. The van der Waals surface area contributed by atoms with E-state index in [2.05, 4.69) is 15.6 Å². The first-order chi connectivity index (χ1) is 23.8. The van der Waals surface area contributed by atoms with Crippen LogP contribution in [0.3, 0.4) is 0 Å². The Labute approximate surface area is 282 Å². The van der Waals surface area contributed by atoms with Crippen LogP contribution in [-0.2, 0) is 29.2 Å². The molecular weight excluding hydrogens is 663 g/mol. The first-order valence-electron chi connectivity index (χ1n) is 15.6. The van der Waals surface area contributed by atoms with Crippen LogP contribution in [-0.4, -0.2) is 77.3 Å². The molecule has 1 atom stereocenters. The summed E-state index contributed by atoms with van der Waals surface area (Å²) in [6.45, 7) is 0.496. The molecule has 1 aliphatic heterocycles. The number of aryl methyl sites for hydroxylation is 1. The third-order valence-electron chi connectivity index (χ3n) is 8.70. The van der Waals surface area contributed by atoms with Gasteiger partial charge in [0.25, 0.3) is 0 Å². The van der Waals surface area contributed by atoms with Gasteiger partial charge in [-0.05, 0) is 42.3 Å². The number of anilines is 2. The van der Waals surface area contributed by atoms with Crippen molar-refractivity contribution in [2.45, 2.75) is 18.6 Å². The van der Waals surface area contributed by atoms with Crippen molar-refractivity contribution in [1.29, 1.82) is 0 Å². The number of carbonyl (C=O) groups is 2. The quantitative estimate of drug-likeness (QED) is 0.106. The number of aliphatic hydroxyl groups is 1. The van der Waals surface area contributed by atoms with Gasteiger partial charge < -0.3 is 34.3 Å². The molecular formula is C35H33F5N6O4. The third kappa shape index (κ3) is 6.34. The van der Waals surface area contributed by atoms with E-state index >= 15 is 8.78 Å². The highest BCUT2D eigenvalue weighted by atomic mass is 19.4. The molecule has 15 heteroatoms. The molecule has 1 aliphatic rings. The van der Waals surface area contributed by atoms with E-state index in [0.29, 0.717) is 40.8 Å². The summed E-state index contributed by atoms with van der Waals surface area (Å²) >= 11 is 0. The van der Waals surface area contributed by atoms with Crippen LogP contribution in [0.1, 0.15) is 27.2 Å². The number of alkyl halides is 3. The van der Waals surface area contributed by atoms with Gasteiger partial charge in [0, 0.05) is 63.3 Å². The third-order valence-corrected chi connectivity index (χ3v) is 8.70. The summed E-state index contributed by atoms with van der Waals surface area (Å²) in [5, 5.41) is 14.3. The maximum atomic E-state index is 15.2. The number of ketones is 1. The van der Waals surface area contributed by atoms with Crippen LogP contribution in [0.5, 0.6) is 0 Å². The van der Waals surface area contributed by atoms with E-state index in [0.717, 1.165) is 24.3 Å². The minimum atomic E-state index is -4.73. The number of aliphatic hydroxyl groups excluding tert-OH is 1. The van der Waals surface area contributed by atoms with Crippen molar-refractivity contribution < 1.29 is 41.4 Å². The normalized spacial score (nSPS) is 13.9. The lowest BCUT2D eigenvalue weighted by molar-refractivity contribution is -0.137. The summed E-state index contributed by atoms with van der Waals surface area (Å²) in [6, 6.07) is 6.91. The molecule has 50 heavy (non-hydrogen) atoms. The molecule has 6 rings (SSSR count). The fourth-order valence-electron chi connectivity index (χ4n) is 6.34. The molecule has 5 aromatic rings. The summed E-state index contributed by atoms with van der Waals surface area (Å²) in [4.78, 5) is 32.4. The van der Waals surface area contributed by atoms with E-state index in [1.807, 2.05) is 0 Å². The summed E-state index contributed by atoms with van der Waals surface area (Å²) < 4.78 is 82.5. The largest absolute Gasteiger partial charge is 0.417 e. The predicted octanol–water partition coefficient (Wildman–Crippen LogP) is 5.10. The van der Waals surface area contributed by atoms with Crippen molar-refractivity contribution in [2.75, 3.05) is 50.7 Å². The number of likely N-dealkylation sites (N-methyl/N-ethyl adjacent to an activating group) is 1. The average Bonchev–Trinajstić information content (AvgIpc) is 3.64. The number of nitrogens with zero attached hydrogens (tertiary/aromatic N) is 4. The molecule has 0 bridgehead atoms. The average molecular weight is 697 g/mol. The molecule has 2 aromatic carbocycles. The van der Waals surface area contributed by atoms with Gasteiger partial charge in [0.15, 0.2) is 0 Å². The van der Waals surface area contributed by atoms with Crippen LogP contribution in [0.2, 0.25) is 0 Å². The number of ether oxygens (including phenoxy) is 1. The summed E-state index contributed by atoms with van der Waals surface area (Å²) in [7, 11) is 4.78. The van der Waals surface area contributed by atoms with Crippen molar-refractivity contribution in [1.82, 2.24) is 19.3 Å². The van der Waals surface area contributed by atoms with Gasteiger partial charge in [-0.2, -0.15) is 13.2 Å². The van der Waals surface area contributed by atoms with Gasteiger partial charge in [0.2, 0.25) is 11.7 Å². The number of aromatic nitrogens is 3. The highest BCUT2D eigenvalue weighted by Gasteiger charge is 2.39. The number of pyridine rings is 1. The Morgan fingerprint density at radius 3 is 2.56 bits per heavy atom.